The Morgan fingerprint density at radius 3 is 2.95 bits per heavy atom. The highest BCUT2D eigenvalue weighted by Gasteiger charge is 2.23. The van der Waals surface area contributed by atoms with Crippen LogP contribution in [-0.2, 0) is 4.74 Å². The number of para-hydroxylation sites is 1. The lowest BCUT2D eigenvalue weighted by atomic mass is 9.96. The molecule has 0 fully saturated rings. The highest BCUT2D eigenvalue weighted by molar-refractivity contribution is 5.56. The summed E-state index contributed by atoms with van der Waals surface area (Å²) in [5, 5.41) is 3.67. The summed E-state index contributed by atoms with van der Waals surface area (Å²) in [6, 6.07) is 9.36. The quantitative estimate of drug-likeness (QED) is 0.737. The third kappa shape index (κ3) is 3.97. The molecule has 20 heavy (non-hydrogen) atoms. The first-order valence-electron chi connectivity index (χ1n) is 8.01. The van der Waals surface area contributed by atoms with Gasteiger partial charge >= 0.3 is 0 Å². The predicted molar refractivity (Wildman–Crippen MR) is 85.4 cm³/mol. The fraction of sp³-hybridized carbons (Fsp3) is 0.647. The zero-order valence-electron chi connectivity index (χ0n) is 12.9. The van der Waals surface area contributed by atoms with Crippen LogP contribution in [0.4, 0.5) is 5.69 Å². The van der Waals surface area contributed by atoms with Crippen LogP contribution < -0.4 is 10.2 Å². The molecule has 3 heteroatoms. The molecule has 1 aliphatic heterocycles. The number of ether oxygens (including phenoxy) is 1. The van der Waals surface area contributed by atoms with Crippen molar-refractivity contribution >= 4 is 5.69 Å². The monoisotopic (exact) mass is 276 g/mol. The van der Waals surface area contributed by atoms with E-state index in [1.807, 2.05) is 0 Å². The molecule has 0 saturated carbocycles. The minimum absolute atomic E-state index is 0.522. The summed E-state index contributed by atoms with van der Waals surface area (Å²) in [6.07, 6.45) is 3.50. The second-order valence-corrected chi connectivity index (χ2v) is 5.39. The van der Waals surface area contributed by atoms with E-state index in [1.54, 1.807) is 0 Å². The Kier molecular flexibility index (Phi) is 6.34. The van der Waals surface area contributed by atoms with Crippen molar-refractivity contribution in [2.45, 2.75) is 39.2 Å². The maximum atomic E-state index is 5.45. The van der Waals surface area contributed by atoms with E-state index in [2.05, 4.69) is 48.3 Å². The van der Waals surface area contributed by atoms with Gasteiger partial charge in [-0.1, -0.05) is 25.1 Å². The molecule has 1 aromatic carbocycles. The molecule has 2 rings (SSSR count). The van der Waals surface area contributed by atoms with Crippen molar-refractivity contribution in [2.24, 2.45) is 0 Å². The van der Waals surface area contributed by atoms with Gasteiger partial charge in [0.1, 0.15) is 0 Å². The number of anilines is 1. The molecule has 0 amide bonds. The van der Waals surface area contributed by atoms with Crippen molar-refractivity contribution in [2.75, 3.05) is 37.7 Å². The first kappa shape index (κ1) is 15.3. The molecule has 1 heterocycles. The second kappa shape index (κ2) is 8.28. The molecule has 112 valence electrons. The lowest BCUT2D eigenvalue weighted by Crippen LogP contribution is -2.37. The van der Waals surface area contributed by atoms with Gasteiger partial charge in [-0.05, 0) is 44.4 Å². The summed E-state index contributed by atoms with van der Waals surface area (Å²) in [5.41, 5.74) is 2.87. The van der Waals surface area contributed by atoms with Crippen LogP contribution >= 0.6 is 0 Å². The first-order chi connectivity index (χ1) is 9.86. The number of benzene rings is 1. The van der Waals surface area contributed by atoms with Crippen molar-refractivity contribution in [3.05, 3.63) is 29.8 Å². The van der Waals surface area contributed by atoms with Crippen molar-refractivity contribution < 1.29 is 4.74 Å². The van der Waals surface area contributed by atoms with E-state index in [1.165, 1.54) is 24.1 Å². The van der Waals surface area contributed by atoms with Gasteiger partial charge in [0.05, 0.1) is 0 Å². The molecule has 1 unspecified atom stereocenters. The van der Waals surface area contributed by atoms with Crippen LogP contribution in [0.3, 0.4) is 0 Å². The summed E-state index contributed by atoms with van der Waals surface area (Å²) in [6.45, 7) is 9.31. The number of fused-ring (bicyclic) bond motifs is 1. The third-order valence-electron chi connectivity index (χ3n) is 3.90. The Balaban J connectivity index is 1.99. The van der Waals surface area contributed by atoms with E-state index in [-0.39, 0.29) is 0 Å². The number of rotatable bonds is 8. The van der Waals surface area contributed by atoms with Gasteiger partial charge in [-0.25, -0.2) is 0 Å². The number of hydrogen-bond donors (Lipinski definition) is 1. The molecule has 0 bridgehead atoms. The van der Waals surface area contributed by atoms with E-state index < -0.39 is 0 Å². The molecule has 0 aliphatic carbocycles. The highest BCUT2D eigenvalue weighted by Crippen LogP contribution is 2.33. The summed E-state index contributed by atoms with van der Waals surface area (Å²) < 4.78 is 5.45. The van der Waals surface area contributed by atoms with Gasteiger partial charge in [-0.2, -0.15) is 0 Å². The van der Waals surface area contributed by atoms with Crippen LogP contribution in [0.5, 0.6) is 0 Å². The maximum Gasteiger partial charge on any atom is 0.0482 e. The van der Waals surface area contributed by atoms with Gasteiger partial charge in [-0.15, -0.1) is 0 Å². The summed E-state index contributed by atoms with van der Waals surface area (Å²) >= 11 is 0. The summed E-state index contributed by atoms with van der Waals surface area (Å²) in [7, 11) is 0. The standard InChI is InChI=1S/C17H28N2O/c1-3-11-18-16-10-13-19(12-7-14-20-4-2)17-9-6-5-8-15(16)17/h5-6,8-9,16,18H,3-4,7,10-14H2,1-2H3. The SMILES string of the molecule is CCCNC1CCN(CCCOCC)c2ccccc21. The third-order valence-corrected chi connectivity index (χ3v) is 3.90. The van der Waals surface area contributed by atoms with E-state index in [0.717, 1.165) is 39.3 Å². The van der Waals surface area contributed by atoms with Crippen molar-refractivity contribution in [3.63, 3.8) is 0 Å². The van der Waals surface area contributed by atoms with Crippen LogP contribution in [0.1, 0.15) is 44.7 Å². The lowest BCUT2D eigenvalue weighted by molar-refractivity contribution is 0.146. The summed E-state index contributed by atoms with van der Waals surface area (Å²) in [4.78, 5) is 2.51. The Morgan fingerprint density at radius 2 is 2.15 bits per heavy atom. The van der Waals surface area contributed by atoms with E-state index >= 15 is 0 Å². The largest absolute Gasteiger partial charge is 0.382 e. The lowest BCUT2D eigenvalue weighted by Gasteiger charge is -2.36. The Bertz CT molecular complexity index is 394. The fourth-order valence-corrected chi connectivity index (χ4v) is 2.90. The fourth-order valence-electron chi connectivity index (χ4n) is 2.90. The second-order valence-electron chi connectivity index (χ2n) is 5.39. The average Bonchev–Trinajstić information content (AvgIpc) is 2.50. The van der Waals surface area contributed by atoms with Crippen LogP contribution in [0.2, 0.25) is 0 Å². The first-order valence-corrected chi connectivity index (χ1v) is 8.01. The molecule has 0 spiro atoms. The minimum atomic E-state index is 0.522. The molecule has 1 N–H and O–H groups in total. The molecule has 0 saturated heterocycles. The van der Waals surface area contributed by atoms with Crippen LogP contribution in [0, 0.1) is 0 Å². The predicted octanol–water partition coefficient (Wildman–Crippen LogP) is 3.36. The Hall–Kier alpha value is -1.06. The zero-order valence-corrected chi connectivity index (χ0v) is 12.9. The Labute approximate surface area is 123 Å². The number of nitrogens with one attached hydrogen (secondary N) is 1. The van der Waals surface area contributed by atoms with Crippen LogP contribution in [-0.4, -0.2) is 32.8 Å². The van der Waals surface area contributed by atoms with Gasteiger partial charge < -0.3 is 15.0 Å². The smallest absolute Gasteiger partial charge is 0.0482 e. The van der Waals surface area contributed by atoms with E-state index in [9.17, 15) is 0 Å². The average molecular weight is 276 g/mol. The molecule has 1 atom stereocenters. The number of nitrogens with zero attached hydrogens (tertiary/aromatic N) is 1. The normalized spacial score (nSPS) is 18.1. The molecule has 0 radical (unpaired) electrons. The van der Waals surface area contributed by atoms with E-state index in [4.69, 9.17) is 4.74 Å². The molecule has 3 nitrogen and oxygen atoms in total. The minimum Gasteiger partial charge on any atom is -0.382 e. The Morgan fingerprint density at radius 1 is 1.30 bits per heavy atom. The summed E-state index contributed by atoms with van der Waals surface area (Å²) in [5.74, 6) is 0. The van der Waals surface area contributed by atoms with E-state index in [0.29, 0.717) is 6.04 Å². The highest BCUT2D eigenvalue weighted by atomic mass is 16.5. The molecular formula is C17H28N2O. The molecular weight excluding hydrogens is 248 g/mol. The molecule has 0 aromatic heterocycles. The van der Waals surface area contributed by atoms with Gasteiger partial charge in [0.2, 0.25) is 0 Å². The molecule has 1 aromatic rings. The maximum absolute atomic E-state index is 5.45. The topological polar surface area (TPSA) is 24.5 Å². The van der Waals surface area contributed by atoms with Crippen LogP contribution in [0.25, 0.3) is 0 Å². The molecule has 1 aliphatic rings. The van der Waals surface area contributed by atoms with Crippen molar-refractivity contribution in [1.82, 2.24) is 5.32 Å². The van der Waals surface area contributed by atoms with Gasteiger partial charge in [0.25, 0.3) is 0 Å². The zero-order chi connectivity index (χ0) is 14.2. The van der Waals surface area contributed by atoms with Crippen LogP contribution in [0.15, 0.2) is 24.3 Å². The van der Waals surface area contributed by atoms with Gasteiger partial charge in [-0.3, -0.25) is 0 Å². The van der Waals surface area contributed by atoms with Gasteiger partial charge in [0, 0.05) is 38.0 Å². The van der Waals surface area contributed by atoms with Gasteiger partial charge in [0.15, 0.2) is 0 Å². The van der Waals surface area contributed by atoms with Crippen molar-refractivity contribution in [3.8, 4) is 0 Å². The van der Waals surface area contributed by atoms with Crippen molar-refractivity contribution in [1.29, 1.82) is 0 Å². The number of hydrogen-bond acceptors (Lipinski definition) is 3.